The SMILES string of the molecule is CCNC(C)c1cnc(N2CCNC(=O)C2)s1. The molecule has 1 aromatic rings. The van der Waals surface area contributed by atoms with Gasteiger partial charge in [0.15, 0.2) is 5.13 Å². The van der Waals surface area contributed by atoms with Gasteiger partial charge in [0, 0.05) is 30.2 Å². The van der Waals surface area contributed by atoms with E-state index in [0.29, 0.717) is 19.1 Å². The highest BCUT2D eigenvalue weighted by atomic mass is 32.1. The highest BCUT2D eigenvalue weighted by molar-refractivity contribution is 7.15. The fraction of sp³-hybridized carbons (Fsp3) is 0.636. The van der Waals surface area contributed by atoms with E-state index in [4.69, 9.17) is 0 Å². The Kier molecular flexibility index (Phi) is 3.96. The van der Waals surface area contributed by atoms with Gasteiger partial charge in [-0.2, -0.15) is 0 Å². The summed E-state index contributed by atoms with van der Waals surface area (Å²) in [6.45, 7) is 7.13. The summed E-state index contributed by atoms with van der Waals surface area (Å²) in [5.74, 6) is 0.0766. The van der Waals surface area contributed by atoms with Crippen LogP contribution in [0.1, 0.15) is 24.8 Å². The van der Waals surface area contributed by atoms with E-state index in [9.17, 15) is 4.79 Å². The molecule has 2 heterocycles. The number of rotatable bonds is 4. The minimum absolute atomic E-state index is 0.0766. The predicted molar refractivity (Wildman–Crippen MR) is 69.4 cm³/mol. The van der Waals surface area contributed by atoms with E-state index >= 15 is 0 Å². The van der Waals surface area contributed by atoms with E-state index in [-0.39, 0.29) is 5.91 Å². The van der Waals surface area contributed by atoms with E-state index in [2.05, 4.69) is 29.5 Å². The van der Waals surface area contributed by atoms with Crippen molar-refractivity contribution in [2.75, 3.05) is 31.1 Å². The maximum absolute atomic E-state index is 11.3. The van der Waals surface area contributed by atoms with E-state index in [1.807, 2.05) is 11.1 Å². The molecule has 1 saturated heterocycles. The van der Waals surface area contributed by atoms with Gasteiger partial charge in [-0.1, -0.05) is 6.92 Å². The molecule has 1 fully saturated rings. The summed E-state index contributed by atoms with van der Waals surface area (Å²) in [7, 11) is 0. The highest BCUT2D eigenvalue weighted by Gasteiger charge is 2.19. The Balaban J connectivity index is 2.04. The number of piperazine rings is 1. The van der Waals surface area contributed by atoms with Crippen LogP contribution >= 0.6 is 11.3 Å². The molecule has 0 aliphatic carbocycles. The third kappa shape index (κ3) is 2.95. The first-order valence-corrected chi connectivity index (χ1v) is 6.73. The largest absolute Gasteiger partial charge is 0.353 e. The van der Waals surface area contributed by atoms with Gasteiger partial charge in [0.05, 0.1) is 6.54 Å². The topological polar surface area (TPSA) is 57.3 Å². The Morgan fingerprint density at radius 3 is 3.24 bits per heavy atom. The van der Waals surface area contributed by atoms with Crippen molar-refractivity contribution in [2.45, 2.75) is 19.9 Å². The van der Waals surface area contributed by atoms with Crippen molar-refractivity contribution >= 4 is 22.4 Å². The second-order valence-electron chi connectivity index (χ2n) is 4.10. The normalized spacial score (nSPS) is 18.0. The van der Waals surface area contributed by atoms with Gasteiger partial charge in [-0.05, 0) is 13.5 Å². The van der Waals surface area contributed by atoms with Gasteiger partial charge in [0.25, 0.3) is 0 Å². The summed E-state index contributed by atoms with van der Waals surface area (Å²) in [6, 6.07) is 0.324. The number of amides is 1. The van der Waals surface area contributed by atoms with Gasteiger partial charge in [-0.15, -0.1) is 11.3 Å². The molecule has 94 valence electrons. The predicted octanol–water partition coefficient (Wildman–Crippen LogP) is 0.750. The summed E-state index contributed by atoms with van der Waals surface area (Å²) < 4.78 is 0. The lowest BCUT2D eigenvalue weighted by molar-refractivity contribution is -0.120. The van der Waals surface area contributed by atoms with Crippen molar-refractivity contribution in [3.8, 4) is 0 Å². The van der Waals surface area contributed by atoms with Crippen molar-refractivity contribution in [1.29, 1.82) is 0 Å². The van der Waals surface area contributed by atoms with Crippen LogP contribution in [0.25, 0.3) is 0 Å². The molecule has 5 nitrogen and oxygen atoms in total. The summed E-state index contributed by atoms with van der Waals surface area (Å²) in [4.78, 5) is 19.0. The quantitative estimate of drug-likeness (QED) is 0.832. The first kappa shape index (κ1) is 12.3. The van der Waals surface area contributed by atoms with E-state index in [0.717, 1.165) is 18.2 Å². The molecule has 6 heteroatoms. The highest BCUT2D eigenvalue weighted by Crippen LogP contribution is 2.27. The molecular formula is C11H18N4OS. The van der Waals surface area contributed by atoms with E-state index in [1.165, 1.54) is 4.88 Å². The Bertz CT molecular complexity index is 393. The molecule has 1 unspecified atom stereocenters. The zero-order valence-electron chi connectivity index (χ0n) is 10.2. The summed E-state index contributed by atoms with van der Waals surface area (Å²) >= 11 is 1.66. The number of carbonyl (C=O) groups is 1. The second-order valence-corrected chi connectivity index (χ2v) is 5.14. The van der Waals surface area contributed by atoms with Crippen molar-refractivity contribution in [3.05, 3.63) is 11.1 Å². The van der Waals surface area contributed by atoms with Crippen LogP contribution < -0.4 is 15.5 Å². The van der Waals surface area contributed by atoms with Crippen molar-refractivity contribution in [2.24, 2.45) is 0 Å². The number of hydrogen-bond acceptors (Lipinski definition) is 5. The molecular weight excluding hydrogens is 236 g/mol. The van der Waals surface area contributed by atoms with Crippen molar-refractivity contribution in [3.63, 3.8) is 0 Å². The minimum atomic E-state index is 0.0766. The summed E-state index contributed by atoms with van der Waals surface area (Å²) in [5, 5.41) is 7.12. The van der Waals surface area contributed by atoms with Crippen LogP contribution in [0, 0.1) is 0 Å². The molecule has 1 aliphatic rings. The van der Waals surface area contributed by atoms with Gasteiger partial charge in [-0.3, -0.25) is 4.79 Å². The summed E-state index contributed by atoms with van der Waals surface area (Å²) in [5.41, 5.74) is 0. The first-order valence-electron chi connectivity index (χ1n) is 5.91. The molecule has 1 amide bonds. The van der Waals surface area contributed by atoms with Crippen molar-refractivity contribution in [1.82, 2.24) is 15.6 Å². The second kappa shape index (κ2) is 5.46. The third-order valence-corrected chi connectivity index (χ3v) is 4.00. The zero-order valence-corrected chi connectivity index (χ0v) is 11.0. The molecule has 0 aromatic carbocycles. The maximum atomic E-state index is 11.3. The molecule has 17 heavy (non-hydrogen) atoms. The number of nitrogens with zero attached hydrogens (tertiary/aromatic N) is 2. The fourth-order valence-electron chi connectivity index (χ4n) is 1.83. The van der Waals surface area contributed by atoms with Crippen LogP contribution in [0.4, 0.5) is 5.13 Å². The Labute approximate surface area is 105 Å². The van der Waals surface area contributed by atoms with Crippen LogP contribution in [-0.4, -0.2) is 37.1 Å². The van der Waals surface area contributed by atoms with E-state index in [1.54, 1.807) is 11.3 Å². The number of nitrogens with one attached hydrogen (secondary N) is 2. The lowest BCUT2D eigenvalue weighted by atomic mass is 10.3. The lowest BCUT2D eigenvalue weighted by Gasteiger charge is -2.25. The first-order chi connectivity index (χ1) is 8.20. The third-order valence-electron chi connectivity index (χ3n) is 2.76. The lowest BCUT2D eigenvalue weighted by Crippen LogP contribution is -2.47. The van der Waals surface area contributed by atoms with E-state index < -0.39 is 0 Å². The monoisotopic (exact) mass is 254 g/mol. The Morgan fingerprint density at radius 1 is 1.71 bits per heavy atom. The zero-order chi connectivity index (χ0) is 12.3. The number of aromatic nitrogens is 1. The number of thiazole rings is 1. The molecule has 0 spiro atoms. The smallest absolute Gasteiger partial charge is 0.239 e. The molecule has 1 aliphatic heterocycles. The molecule has 1 atom stereocenters. The van der Waals surface area contributed by atoms with Crippen LogP contribution in [0.3, 0.4) is 0 Å². The Morgan fingerprint density at radius 2 is 2.53 bits per heavy atom. The van der Waals surface area contributed by atoms with Crippen molar-refractivity contribution < 1.29 is 4.79 Å². The standard InChI is InChI=1S/C11H18N4OS/c1-3-12-8(2)9-6-14-11(17-9)15-5-4-13-10(16)7-15/h6,8,12H,3-5,7H2,1-2H3,(H,13,16). The van der Waals surface area contributed by atoms with Gasteiger partial charge in [-0.25, -0.2) is 4.98 Å². The van der Waals surface area contributed by atoms with Crippen LogP contribution in [0.15, 0.2) is 6.20 Å². The molecule has 0 radical (unpaired) electrons. The van der Waals surface area contributed by atoms with Gasteiger partial charge in [0.1, 0.15) is 0 Å². The molecule has 0 saturated carbocycles. The maximum Gasteiger partial charge on any atom is 0.239 e. The van der Waals surface area contributed by atoms with Crippen LogP contribution in [-0.2, 0) is 4.79 Å². The van der Waals surface area contributed by atoms with Gasteiger partial charge >= 0.3 is 0 Å². The van der Waals surface area contributed by atoms with Crippen LogP contribution in [0.2, 0.25) is 0 Å². The molecule has 2 N–H and O–H groups in total. The summed E-state index contributed by atoms with van der Waals surface area (Å²) in [6.07, 6.45) is 1.90. The molecule has 0 bridgehead atoms. The number of hydrogen-bond donors (Lipinski definition) is 2. The Hall–Kier alpha value is -1.14. The number of carbonyl (C=O) groups excluding carboxylic acids is 1. The molecule has 2 rings (SSSR count). The average molecular weight is 254 g/mol. The number of anilines is 1. The van der Waals surface area contributed by atoms with Gasteiger partial charge < -0.3 is 15.5 Å². The average Bonchev–Trinajstić information content (AvgIpc) is 2.78. The van der Waals surface area contributed by atoms with Gasteiger partial charge in [0.2, 0.25) is 5.91 Å². The minimum Gasteiger partial charge on any atom is -0.353 e. The molecule has 1 aromatic heterocycles. The fourth-order valence-corrected chi connectivity index (χ4v) is 2.80. The van der Waals surface area contributed by atoms with Crippen LogP contribution in [0.5, 0.6) is 0 Å².